The second-order valence-electron chi connectivity index (χ2n) is 26.4. The Balaban J connectivity index is 0.000000213. The zero-order chi connectivity index (χ0) is 79.6. The predicted octanol–water partition coefficient (Wildman–Crippen LogP) is 11.0. The number of carbonyl (C=O) groups excluding carboxylic acids is 1. The minimum atomic E-state index is -1.17. The van der Waals surface area contributed by atoms with E-state index in [1.165, 1.54) is 12.1 Å². The van der Waals surface area contributed by atoms with Gasteiger partial charge in [-0.25, -0.2) is 58.0 Å². The number of ketones is 1. The van der Waals surface area contributed by atoms with Gasteiger partial charge in [0, 0.05) is 42.4 Å². The molecule has 3 unspecified atom stereocenters. The maximum absolute atomic E-state index is 13.4. The van der Waals surface area contributed by atoms with Gasteiger partial charge in [-0.3, -0.25) is 4.98 Å². The van der Waals surface area contributed by atoms with Crippen molar-refractivity contribution >= 4 is 120 Å². The number of methoxy groups -OCH3 is 1. The SMILES string of the molecule is CCCCC(Nc1nc(N)nc2cccnc12)C(C)O.CCCC[C@@H](Nc1nc(N)nc2cc(F)cnc12)C(O)CF.CCCC[C@@](C)(CCC(C)=O)Nc1nc(N)nc2cc(F)cnc12.CCCC[C@H](CO)Nc1nc(N)nc2cc(OC)cnc12.CCCC[C@H](CO)Nc1nc(N)nc2cc(OCC)cnc12. The van der Waals surface area contributed by atoms with E-state index in [-0.39, 0.29) is 83.7 Å². The Bertz CT molecular complexity index is 4460. The molecule has 0 bridgehead atoms. The molecule has 592 valence electrons. The van der Waals surface area contributed by atoms with Crippen LogP contribution < -0.4 is 64.7 Å². The first-order chi connectivity index (χ1) is 52.3. The zero-order valence-electron chi connectivity index (χ0n) is 63.9. The molecule has 0 fully saturated rings. The van der Waals surface area contributed by atoms with Crippen LogP contribution in [0.15, 0.2) is 67.4 Å². The van der Waals surface area contributed by atoms with Gasteiger partial charge in [0.05, 0.1) is 98.5 Å². The highest BCUT2D eigenvalue weighted by Gasteiger charge is 2.27. The van der Waals surface area contributed by atoms with Crippen LogP contribution in [-0.4, -0.2) is 176 Å². The molecule has 109 heavy (non-hydrogen) atoms. The van der Waals surface area contributed by atoms with Gasteiger partial charge in [-0.05, 0) is 78.4 Å². The van der Waals surface area contributed by atoms with Gasteiger partial charge in [0.2, 0.25) is 29.7 Å². The number of aliphatic hydroxyl groups is 4. The Kier molecular flexibility index (Phi) is 35.7. The molecule has 10 rings (SSSR count). The number of fused-ring (bicyclic) bond motifs is 5. The number of nitrogens with one attached hydrogen (secondary N) is 5. The van der Waals surface area contributed by atoms with Crippen molar-refractivity contribution in [3.63, 3.8) is 0 Å². The molecule has 0 aliphatic heterocycles. The summed E-state index contributed by atoms with van der Waals surface area (Å²) in [7, 11) is 1.57. The highest BCUT2D eigenvalue weighted by Crippen LogP contribution is 2.31. The molecular formula is C74H108F3N25O7. The number of unbranched alkanes of at least 4 members (excludes halogenated alkanes) is 5. The van der Waals surface area contributed by atoms with Gasteiger partial charge >= 0.3 is 0 Å². The number of nitrogens with zero attached hydrogens (tertiary/aromatic N) is 15. The molecule has 0 radical (unpaired) electrons. The van der Waals surface area contributed by atoms with Crippen molar-refractivity contribution in [1.29, 1.82) is 0 Å². The molecule has 0 aliphatic rings. The van der Waals surface area contributed by atoms with E-state index in [4.69, 9.17) is 38.1 Å². The number of hydrogen-bond donors (Lipinski definition) is 14. The summed E-state index contributed by atoms with van der Waals surface area (Å²) in [6, 6.07) is 8.90. The normalized spacial score (nSPS) is 13.3. The number of nitrogens with two attached hydrogens (primary N) is 5. The molecule has 0 aromatic carbocycles. The van der Waals surface area contributed by atoms with E-state index in [9.17, 15) is 38.4 Å². The van der Waals surface area contributed by atoms with Crippen LogP contribution in [-0.2, 0) is 4.79 Å². The van der Waals surface area contributed by atoms with Crippen molar-refractivity contribution in [2.45, 2.75) is 213 Å². The van der Waals surface area contributed by atoms with Crippen molar-refractivity contribution in [2.24, 2.45) is 0 Å². The number of halogens is 3. The summed E-state index contributed by atoms with van der Waals surface area (Å²) in [6.45, 7) is 17.5. The quantitative estimate of drug-likeness (QED) is 0.0173. The van der Waals surface area contributed by atoms with Crippen LogP contribution in [0.5, 0.6) is 11.5 Å². The van der Waals surface area contributed by atoms with Gasteiger partial charge < -0.3 is 89.9 Å². The standard InChI is InChI=1S/C17H24FN5O.C15H23N5O2.C14H19F2N5O.C14H21N5O2.C14H21N5O/c1-4-5-7-17(3,8-6-11(2)24)23-15-14-13(21-16(19)22-15)9-12(18)10-20-14;1-3-5-6-10(9-21)18-14-13-12(19-15(16)20-14)7-11(8-17-13)22-4-2;1-2-3-4-9(11(22)6-15)19-13-12-10(20-14(17)21-13)5-8(16)7-18-12;1-3-4-5-9(8-20)17-13-12-11(18-14(15)19-13)6-10(21-2)7-16-12;1-3-4-6-10(9(2)20)17-13-12-11(7-5-8-16-12)18-14(15)19-13/h9-10H,4-8H2,1-3H3,(H3,19,21,22,23);7-8,10,21H,3-6,9H2,1-2H3,(H3,16,18,19,20);5,7,9,11,22H,2-4,6H2,1H3,(H3,17,19,20,21);6-7,9,20H,3-5,8H2,1-2H3,(H3,15,17,18,19);5,7-10,20H,3-4,6H2,1-2H3,(H3,15,17,18,19)/t17-;10-;9-,11?;9-;/m0111./s1. The number of hydrogen-bond acceptors (Lipinski definition) is 32. The first kappa shape index (κ1) is 87.3. The second-order valence-corrected chi connectivity index (χ2v) is 26.4. The number of ether oxygens (including phenoxy) is 2. The van der Waals surface area contributed by atoms with Crippen molar-refractivity contribution in [3.05, 3.63) is 79.0 Å². The molecule has 10 heterocycles. The summed E-state index contributed by atoms with van der Waals surface area (Å²) < 4.78 is 50.0. The summed E-state index contributed by atoms with van der Waals surface area (Å²) >= 11 is 0. The van der Waals surface area contributed by atoms with E-state index in [0.717, 1.165) is 102 Å². The van der Waals surface area contributed by atoms with Crippen LogP contribution in [0.1, 0.15) is 171 Å². The summed E-state index contributed by atoms with van der Waals surface area (Å²) in [5.41, 5.74) is 33.5. The average Bonchev–Trinajstić information content (AvgIpc) is 0.817. The van der Waals surface area contributed by atoms with Gasteiger partial charge in [-0.2, -0.15) is 24.9 Å². The lowest BCUT2D eigenvalue weighted by atomic mass is 9.89. The number of aliphatic hydroxyl groups excluding tert-OH is 4. The molecule has 0 spiro atoms. The molecule has 19 N–H and O–H groups in total. The van der Waals surface area contributed by atoms with Gasteiger partial charge in [0.1, 0.15) is 80.3 Å². The molecule has 0 saturated carbocycles. The topological polar surface area (TPSA) is 500 Å². The Morgan fingerprint density at radius 1 is 0.514 bits per heavy atom. The van der Waals surface area contributed by atoms with Gasteiger partial charge in [0.15, 0.2) is 29.1 Å². The highest BCUT2D eigenvalue weighted by molar-refractivity contribution is 5.90. The largest absolute Gasteiger partial charge is 0.495 e. The van der Waals surface area contributed by atoms with E-state index in [1.807, 2.05) is 26.0 Å². The van der Waals surface area contributed by atoms with E-state index in [2.05, 4.69) is 136 Å². The molecule has 0 aliphatic carbocycles. The maximum Gasteiger partial charge on any atom is 0.222 e. The van der Waals surface area contributed by atoms with Crippen LogP contribution in [0, 0.1) is 11.6 Å². The van der Waals surface area contributed by atoms with E-state index < -0.39 is 36.6 Å². The second kappa shape index (κ2) is 44.6. The molecular weight excluding hydrogens is 1410 g/mol. The number of aromatic nitrogens is 15. The monoisotopic (exact) mass is 1520 g/mol. The van der Waals surface area contributed by atoms with Crippen molar-refractivity contribution in [2.75, 3.05) is 88.9 Å². The van der Waals surface area contributed by atoms with E-state index in [1.54, 1.807) is 51.7 Å². The predicted molar refractivity (Wildman–Crippen MR) is 423 cm³/mol. The third kappa shape index (κ3) is 27.5. The van der Waals surface area contributed by atoms with Crippen molar-refractivity contribution < 1.29 is 47.9 Å². The third-order valence-corrected chi connectivity index (χ3v) is 17.2. The van der Waals surface area contributed by atoms with Gasteiger partial charge in [-0.1, -0.05) is 98.8 Å². The Morgan fingerprint density at radius 3 is 1.35 bits per heavy atom. The minimum Gasteiger partial charge on any atom is -0.495 e. The average molecular weight is 1520 g/mol. The third-order valence-electron chi connectivity index (χ3n) is 17.2. The number of nitrogen functional groups attached to an aromatic ring is 5. The minimum absolute atomic E-state index is 0.0293. The lowest BCUT2D eigenvalue weighted by molar-refractivity contribution is -0.117. The number of rotatable bonds is 36. The van der Waals surface area contributed by atoms with Crippen LogP contribution in [0.25, 0.3) is 55.2 Å². The lowest BCUT2D eigenvalue weighted by Crippen LogP contribution is -2.36. The number of alkyl halides is 1. The zero-order valence-corrected chi connectivity index (χ0v) is 63.9. The smallest absolute Gasteiger partial charge is 0.222 e. The first-order valence-corrected chi connectivity index (χ1v) is 36.9. The number of Topliss-reactive ketones (excluding diaryl/α,β-unsaturated/α-hetero) is 1. The number of pyridine rings is 5. The molecule has 0 amide bonds. The molecule has 7 atom stereocenters. The highest BCUT2D eigenvalue weighted by atomic mass is 19.1. The fourth-order valence-electron chi connectivity index (χ4n) is 11.3. The summed E-state index contributed by atoms with van der Waals surface area (Å²) in [5.74, 6) is 3.30. The van der Waals surface area contributed by atoms with Crippen molar-refractivity contribution in [3.8, 4) is 11.5 Å². The Hall–Kier alpha value is -10.7. The fraction of sp³-hybridized carbons (Fsp3) is 0.514. The van der Waals surface area contributed by atoms with Crippen LogP contribution >= 0.6 is 0 Å². The summed E-state index contributed by atoms with van der Waals surface area (Å²) in [5, 5.41) is 54.6. The van der Waals surface area contributed by atoms with E-state index >= 15 is 0 Å². The lowest BCUT2D eigenvalue weighted by Gasteiger charge is -2.31. The molecule has 35 heteroatoms. The first-order valence-electron chi connectivity index (χ1n) is 36.9. The van der Waals surface area contributed by atoms with Crippen LogP contribution in [0.4, 0.5) is 72.0 Å². The fourth-order valence-corrected chi connectivity index (χ4v) is 11.3. The number of anilines is 10. The van der Waals surface area contributed by atoms with Gasteiger partial charge in [-0.15, -0.1) is 0 Å². The Morgan fingerprint density at radius 2 is 0.908 bits per heavy atom. The molecule has 32 nitrogen and oxygen atoms in total. The van der Waals surface area contributed by atoms with Crippen molar-refractivity contribution in [1.82, 2.24) is 74.8 Å². The molecule has 10 aromatic heterocycles. The maximum atomic E-state index is 13.4. The summed E-state index contributed by atoms with van der Waals surface area (Å²) in [6.07, 6.45) is 20.7. The number of carbonyl (C=O) groups is 1. The van der Waals surface area contributed by atoms with Crippen LogP contribution in [0.3, 0.4) is 0 Å². The van der Waals surface area contributed by atoms with E-state index in [0.29, 0.717) is 110 Å². The molecule has 10 aromatic rings. The van der Waals surface area contributed by atoms with Gasteiger partial charge in [0.25, 0.3) is 0 Å². The Labute approximate surface area is 632 Å². The summed E-state index contributed by atoms with van der Waals surface area (Å²) in [4.78, 5) is 73.8. The van der Waals surface area contributed by atoms with Crippen LogP contribution in [0.2, 0.25) is 0 Å². The molecule has 0 saturated heterocycles.